The van der Waals surface area contributed by atoms with E-state index in [1.54, 1.807) is 12.7 Å². The van der Waals surface area contributed by atoms with Gasteiger partial charge in [-0.2, -0.15) is 0 Å². The van der Waals surface area contributed by atoms with Crippen molar-refractivity contribution in [3.05, 3.63) is 48.5 Å². The van der Waals surface area contributed by atoms with Crippen molar-refractivity contribution in [1.82, 2.24) is 30.3 Å². The van der Waals surface area contributed by atoms with Gasteiger partial charge in [0.15, 0.2) is 5.96 Å². The highest BCUT2D eigenvalue weighted by Gasteiger charge is 2.19. The normalized spacial score (nSPS) is 15.7. The fourth-order valence-electron chi connectivity index (χ4n) is 3.53. The van der Waals surface area contributed by atoms with Crippen LogP contribution in [0, 0.1) is 0 Å². The Bertz CT molecular complexity index is 682. The molecular formula is C21H34IN7. The van der Waals surface area contributed by atoms with Crippen LogP contribution >= 0.6 is 24.0 Å². The number of hydrogen-bond acceptors (Lipinski definition) is 4. The summed E-state index contributed by atoms with van der Waals surface area (Å²) in [7, 11) is 0. The number of rotatable bonds is 9. The molecule has 3 rings (SSSR count). The molecule has 2 aromatic rings. The summed E-state index contributed by atoms with van der Waals surface area (Å²) >= 11 is 0. The van der Waals surface area contributed by atoms with E-state index in [9.17, 15) is 0 Å². The summed E-state index contributed by atoms with van der Waals surface area (Å²) in [6, 6.07) is 11.2. The van der Waals surface area contributed by atoms with E-state index in [0.29, 0.717) is 6.04 Å². The number of likely N-dealkylation sites (tertiary alicyclic amines) is 1. The molecule has 0 saturated carbocycles. The Morgan fingerprint density at radius 2 is 1.83 bits per heavy atom. The van der Waals surface area contributed by atoms with Gasteiger partial charge in [-0.05, 0) is 38.2 Å². The van der Waals surface area contributed by atoms with Gasteiger partial charge in [-0.25, -0.2) is 0 Å². The average Bonchev–Trinajstić information content (AvgIpc) is 3.24. The zero-order valence-electron chi connectivity index (χ0n) is 17.3. The molecule has 1 saturated heterocycles. The summed E-state index contributed by atoms with van der Waals surface area (Å²) < 4.78 is 2.01. The van der Waals surface area contributed by atoms with E-state index in [2.05, 4.69) is 63.0 Å². The maximum absolute atomic E-state index is 4.75. The van der Waals surface area contributed by atoms with Gasteiger partial charge in [0.05, 0.1) is 0 Å². The van der Waals surface area contributed by atoms with Gasteiger partial charge >= 0.3 is 0 Å². The summed E-state index contributed by atoms with van der Waals surface area (Å²) in [4.78, 5) is 7.30. The molecule has 0 spiro atoms. The molecule has 0 amide bonds. The fourth-order valence-corrected chi connectivity index (χ4v) is 3.53. The maximum Gasteiger partial charge on any atom is 0.191 e. The van der Waals surface area contributed by atoms with Crippen molar-refractivity contribution in [3.63, 3.8) is 0 Å². The second kappa shape index (κ2) is 13.5. The molecule has 2 N–H and O–H groups in total. The van der Waals surface area contributed by atoms with Crippen LogP contribution < -0.4 is 10.6 Å². The van der Waals surface area contributed by atoms with Crippen molar-refractivity contribution in [1.29, 1.82) is 0 Å². The predicted molar refractivity (Wildman–Crippen MR) is 129 cm³/mol. The maximum atomic E-state index is 4.75. The lowest BCUT2D eigenvalue weighted by atomic mass is 10.0. The number of hydrogen-bond donors (Lipinski definition) is 2. The molecule has 7 nitrogen and oxygen atoms in total. The Labute approximate surface area is 191 Å². The lowest BCUT2D eigenvalue weighted by Crippen LogP contribution is -2.48. The van der Waals surface area contributed by atoms with E-state index in [4.69, 9.17) is 4.99 Å². The first kappa shape index (κ1) is 23.6. The Morgan fingerprint density at radius 3 is 2.52 bits per heavy atom. The standard InChI is InChI=1S/C21H33N7.HI/c1-2-22-21(23-12-6-7-13-28-17-24-25-18-28)26-20-10-14-27(15-11-20)16-19-8-4-3-5-9-19;/h3-5,8-9,17-18,20H,2,6-7,10-16H2,1H3,(H2,22,23,26);1H. The van der Waals surface area contributed by atoms with Crippen LogP contribution in [0.3, 0.4) is 0 Å². The van der Waals surface area contributed by atoms with Crippen LogP contribution in [0.1, 0.15) is 38.2 Å². The fraction of sp³-hybridized carbons (Fsp3) is 0.571. The predicted octanol–water partition coefficient (Wildman–Crippen LogP) is 2.90. The second-order valence-corrected chi connectivity index (χ2v) is 7.35. The van der Waals surface area contributed by atoms with Crippen molar-refractivity contribution in [2.45, 2.75) is 51.7 Å². The number of piperidine rings is 1. The van der Waals surface area contributed by atoms with Crippen LogP contribution in [0.4, 0.5) is 0 Å². The number of nitrogens with one attached hydrogen (secondary N) is 2. The van der Waals surface area contributed by atoms with E-state index >= 15 is 0 Å². The van der Waals surface area contributed by atoms with E-state index < -0.39 is 0 Å². The summed E-state index contributed by atoms with van der Waals surface area (Å²) in [6.07, 6.45) is 7.98. The lowest BCUT2D eigenvalue weighted by molar-refractivity contribution is 0.198. The van der Waals surface area contributed by atoms with Crippen LogP contribution in [0.2, 0.25) is 0 Å². The minimum absolute atomic E-state index is 0. The zero-order valence-corrected chi connectivity index (χ0v) is 19.7. The van der Waals surface area contributed by atoms with Crippen LogP contribution in [-0.2, 0) is 13.1 Å². The quantitative estimate of drug-likeness (QED) is 0.235. The molecular weight excluding hydrogens is 477 g/mol. The minimum atomic E-state index is 0. The minimum Gasteiger partial charge on any atom is -0.357 e. The number of guanidine groups is 1. The van der Waals surface area contributed by atoms with Gasteiger partial charge in [-0.15, -0.1) is 34.2 Å². The molecule has 1 fully saturated rings. The molecule has 1 aliphatic heterocycles. The van der Waals surface area contributed by atoms with Crippen molar-refractivity contribution < 1.29 is 0 Å². The molecule has 29 heavy (non-hydrogen) atoms. The first-order valence-corrected chi connectivity index (χ1v) is 10.5. The highest BCUT2D eigenvalue weighted by Crippen LogP contribution is 2.13. The molecule has 8 heteroatoms. The molecule has 0 unspecified atom stereocenters. The van der Waals surface area contributed by atoms with Gasteiger partial charge in [-0.3, -0.25) is 9.89 Å². The molecule has 160 valence electrons. The first-order chi connectivity index (χ1) is 13.8. The molecule has 1 aromatic carbocycles. The van der Waals surface area contributed by atoms with Gasteiger partial charge in [0.1, 0.15) is 12.7 Å². The highest BCUT2D eigenvalue weighted by atomic mass is 127. The van der Waals surface area contributed by atoms with Crippen molar-refractivity contribution in [2.24, 2.45) is 4.99 Å². The number of halogens is 1. The van der Waals surface area contributed by atoms with E-state index in [1.807, 2.05) is 4.57 Å². The SMILES string of the molecule is CCNC(=NCCCCn1cnnc1)NC1CCN(Cc2ccccc2)CC1.I. The zero-order chi connectivity index (χ0) is 19.4. The number of unbranched alkanes of at least 4 members (excludes halogenated alkanes) is 1. The largest absolute Gasteiger partial charge is 0.357 e. The van der Waals surface area contributed by atoms with Crippen molar-refractivity contribution in [2.75, 3.05) is 26.2 Å². The Kier molecular flexibility index (Phi) is 11.0. The second-order valence-electron chi connectivity index (χ2n) is 7.35. The van der Waals surface area contributed by atoms with Crippen LogP contribution in [-0.4, -0.2) is 57.8 Å². The molecule has 0 bridgehead atoms. The molecule has 0 atom stereocenters. The van der Waals surface area contributed by atoms with Crippen LogP contribution in [0.25, 0.3) is 0 Å². The van der Waals surface area contributed by atoms with Crippen LogP contribution in [0.5, 0.6) is 0 Å². The molecule has 0 aliphatic carbocycles. The summed E-state index contributed by atoms with van der Waals surface area (Å²) in [5, 5.41) is 14.7. The Hall–Kier alpha value is -1.68. The number of aryl methyl sites for hydroxylation is 1. The van der Waals surface area contributed by atoms with Crippen molar-refractivity contribution >= 4 is 29.9 Å². The third kappa shape index (κ3) is 8.69. The third-order valence-electron chi connectivity index (χ3n) is 5.08. The van der Waals surface area contributed by atoms with Crippen LogP contribution in [0.15, 0.2) is 48.0 Å². The average molecular weight is 511 g/mol. The van der Waals surface area contributed by atoms with Gasteiger partial charge in [0.25, 0.3) is 0 Å². The highest BCUT2D eigenvalue weighted by molar-refractivity contribution is 14.0. The molecule has 1 aromatic heterocycles. The molecule has 0 radical (unpaired) electrons. The summed E-state index contributed by atoms with van der Waals surface area (Å²) in [5.74, 6) is 0.952. The van der Waals surface area contributed by atoms with Gasteiger partial charge < -0.3 is 15.2 Å². The molecule has 1 aliphatic rings. The monoisotopic (exact) mass is 511 g/mol. The number of aromatic nitrogens is 3. The van der Waals surface area contributed by atoms with Gasteiger partial charge in [-0.1, -0.05) is 30.3 Å². The van der Waals surface area contributed by atoms with E-state index in [-0.39, 0.29) is 24.0 Å². The number of benzene rings is 1. The topological polar surface area (TPSA) is 70.4 Å². The first-order valence-electron chi connectivity index (χ1n) is 10.5. The van der Waals surface area contributed by atoms with E-state index in [0.717, 1.165) is 70.9 Å². The summed E-state index contributed by atoms with van der Waals surface area (Å²) in [5.41, 5.74) is 1.40. The van der Waals surface area contributed by atoms with Gasteiger partial charge in [0, 0.05) is 45.3 Å². The molecule has 2 heterocycles. The van der Waals surface area contributed by atoms with Gasteiger partial charge in [0.2, 0.25) is 0 Å². The third-order valence-corrected chi connectivity index (χ3v) is 5.08. The Balaban J connectivity index is 0.00000300. The summed E-state index contributed by atoms with van der Waals surface area (Å²) in [6.45, 7) is 8.10. The van der Waals surface area contributed by atoms with E-state index in [1.165, 1.54) is 5.56 Å². The number of aliphatic imine (C=N–C) groups is 1. The Morgan fingerprint density at radius 1 is 1.10 bits per heavy atom. The van der Waals surface area contributed by atoms with Crippen molar-refractivity contribution in [3.8, 4) is 0 Å². The smallest absolute Gasteiger partial charge is 0.191 e. The number of nitrogens with zero attached hydrogens (tertiary/aromatic N) is 5. The lowest BCUT2D eigenvalue weighted by Gasteiger charge is -2.33.